The van der Waals surface area contributed by atoms with Crippen LogP contribution in [-0.2, 0) is 10.9 Å². The Balaban J connectivity index is 1.43. The van der Waals surface area contributed by atoms with Gasteiger partial charge in [-0.05, 0) is 37.6 Å². The van der Waals surface area contributed by atoms with E-state index in [0.29, 0.717) is 23.1 Å². The molecule has 7 nitrogen and oxygen atoms in total. The van der Waals surface area contributed by atoms with E-state index in [1.54, 1.807) is 6.07 Å². The topological polar surface area (TPSA) is 66.4 Å². The Morgan fingerprint density at radius 3 is 2.82 bits per heavy atom. The molecule has 0 spiro atoms. The predicted octanol–water partition coefficient (Wildman–Crippen LogP) is 4.05. The summed E-state index contributed by atoms with van der Waals surface area (Å²) in [5, 5.41) is 12.6. The van der Waals surface area contributed by atoms with Gasteiger partial charge in [0.05, 0.1) is 54.0 Å². The fourth-order valence-corrected chi connectivity index (χ4v) is 4.68. The van der Waals surface area contributed by atoms with Crippen LogP contribution in [0.3, 0.4) is 0 Å². The third-order valence-corrected chi connectivity index (χ3v) is 6.64. The highest BCUT2D eigenvalue weighted by Crippen LogP contribution is 2.33. The molecule has 0 unspecified atom stereocenters. The van der Waals surface area contributed by atoms with E-state index >= 15 is 0 Å². The lowest BCUT2D eigenvalue weighted by Crippen LogP contribution is -2.58. The van der Waals surface area contributed by atoms with Crippen molar-refractivity contribution in [2.45, 2.75) is 32.1 Å². The van der Waals surface area contributed by atoms with Crippen molar-refractivity contribution in [2.75, 3.05) is 49.6 Å². The third kappa shape index (κ3) is 4.52. The Hall–Kier alpha value is -2.98. The van der Waals surface area contributed by atoms with Crippen LogP contribution in [0.4, 0.5) is 24.7 Å². The quantitative estimate of drug-likeness (QED) is 0.615. The monoisotopic (exact) mass is 472 g/mol. The highest BCUT2D eigenvalue weighted by molar-refractivity contribution is 5.92. The number of benzene rings is 1. The molecule has 2 atom stereocenters. The standard InChI is InChI=1S/C24H27F3N6O/c1-15(17-4-3-5-18(10-17)24(25,26)27)29-23-21-11-19(12-28-22(21)16(2)30-31-23)33-7-6-32-8-9-34-14-20(32)13-33/h3-5,10-12,15,20H,6-9,13-14H2,1-2H3,(H,29,31)/t15-,20+/m1/s1. The molecule has 1 N–H and O–H groups in total. The molecule has 0 amide bonds. The molecular weight excluding hydrogens is 445 g/mol. The van der Waals surface area contributed by atoms with Crippen LogP contribution in [0.1, 0.15) is 29.8 Å². The zero-order valence-corrected chi connectivity index (χ0v) is 19.1. The van der Waals surface area contributed by atoms with E-state index in [0.717, 1.165) is 68.1 Å². The van der Waals surface area contributed by atoms with Crippen molar-refractivity contribution in [1.82, 2.24) is 20.1 Å². The summed E-state index contributed by atoms with van der Waals surface area (Å²) in [6, 6.07) is 7.32. The molecule has 34 heavy (non-hydrogen) atoms. The third-order valence-electron chi connectivity index (χ3n) is 6.64. The van der Waals surface area contributed by atoms with Crippen LogP contribution in [0.15, 0.2) is 36.5 Å². The fraction of sp³-hybridized carbons (Fsp3) is 0.458. The first-order valence-electron chi connectivity index (χ1n) is 11.4. The van der Waals surface area contributed by atoms with E-state index in [4.69, 9.17) is 4.74 Å². The van der Waals surface area contributed by atoms with Gasteiger partial charge in [0.25, 0.3) is 0 Å². The first-order chi connectivity index (χ1) is 16.3. The minimum absolute atomic E-state index is 0.356. The maximum absolute atomic E-state index is 13.2. The molecule has 1 aromatic carbocycles. The van der Waals surface area contributed by atoms with E-state index in [1.165, 1.54) is 6.07 Å². The molecule has 2 saturated heterocycles. The number of hydrogen-bond donors (Lipinski definition) is 1. The van der Waals surface area contributed by atoms with Crippen LogP contribution in [-0.4, -0.2) is 65.5 Å². The van der Waals surface area contributed by atoms with Gasteiger partial charge in [-0.3, -0.25) is 9.88 Å². The molecule has 0 bridgehead atoms. The molecule has 2 aromatic heterocycles. The van der Waals surface area contributed by atoms with Crippen molar-refractivity contribution in [2.24, 2.45) is 0 Å². The number of aryl methyl sites for hydroxylation is 1. The van der Waals surface area contributed by atoms with Crippen molar-refractivity contribution in [3.63, 3.8) is 0 Å². The Labute approximate surface area is 195 Å². The summed E-state index contributed by atoms with van der Waals surface area (Å²) in [5.74, 6) is 0.500. The molecule has 0 radical (unpaired) electrons. The molecule has 0 saturated carbocycles. The summed E-state index contributed by atoms with van der Waals surface area (Å²) in [6.45, 7) is 8.85. The van der Waals surface area contributed by atoms with Crippen molar-refractivity contribution >= 4 is 22.4 Å². The average molecular weight is 473 g/mol. The molecule has 0 aliphatic carbocycles. The fourth-order valence-electron chi connectivity index (χ4n) is 4.68. The minimum Gasteiger partial charge on any atom is -0.378 e. The van der Waals surface area contributed by atoms with Crippen molar-refractivity contribution in [1.29, 1.82) is 0 Å². The molecule has 2 aliphatic heterocycles. The predicted molar refractivity (Wildman–Crippen MR) is 124 cm³/mol. The van der Waals surface area contributed by atoms with E-state index in [-0.39, 0.29) is 0 Å². The summed E-state index contributed by atoms with van der Waals surface area (Å²) in [4.78, 5) is 9.44. The molecule has 4 heterocycles. The highest BCUT2D eigenvalue weighted by atomic mass is 19.4. The molecule has 2 aliphatic rings. The Kier molecular flexibility index (Phi) is 6.03. The maximum Gasteiger partial charge on any atom is 0.416 e. The molecule has 3 aromatic rings. The van der Waals surface area contributed by atoms with Crippen molar-refractivity contribution in [3.05, 3.63) is 53.3 Å². The molecular formula is C24H27F3N6O. The zero-order chi connectivity index (χ0) is 23.9. The number of nitrogens with one attached hydrogen (secondary N) is 1. The van der Waals surface area contributed by atoms with Crippen LogP contribution in [0, 0.1) is 6.92 Å². The molecule has 5 rings (SSSR count). The lowest BCUT2D eigenvalue weighted by Gasteiger charge is -2.44. The number of piperazine rings is 1. The largest absolute Gasteiger partial charge is 0.416 e. The number of fused-ring (bicyclic) bond motifs is 2. The second kappa shape index (κ2) is 8.99. The molecule has 2 fully saturated rings. The number of alkyl halides is 3. The summed E-state index contributed by atoms with van der Waals surface area (Å²) in [5.41, 5.74) is 2.25. The van der Waals surface area contributed by atoms with Crippen LogP contribution in [0.5, 0.6) is 0 Å². The normalized spacial score (nSPS) is 20.3. The van der Waals surface area contributed by atoms with Gasteiger partial charge in [0.2, 0.25) is 0 Å². The number of ether oxygens (including phenoxy) is 1. The average Bonchev–Trinajstić information content (AvgIpc) is 2.85. The van der Waals surface area contributed by atoms with E-state index in [1.807, 2.05) is 26.1 Å². The van der Waals surface area contributed by atoms with Crippen LogP contribution in [0.25, 0.3) is 10.9 Å². The number of hydrogen-bond acceptors (Lipinski definition) is 7. The van der Waals surface area contributed by atoms with Crippen LogP contribution < -0.4 is 10.2 Å². The van der Waals surface area contributed by atoms with Gasteiger partial charge >= 0.3 is 6.18 Å². The lowest BCUT2D eigenvalue weighted by molar-refractivity contribution is -0.137. The molecule has 10 heteroatoms. The Morgan fingerprint density at radius 1 is 1.15 bits per heavy atom. The SMILES string of the molecule is Cc1nnc(N[C@H](C)c2cccc(C(F)(F)F)c2)c2cc(N3CCN4CCOC[C@@H]4C3)cnc12. The van der Waals surface area contributed by atoms with Gasteiger partial charge in [0.1, 0.15) is 0 Å². The van der Waals surface area contributed by atoms with Gasteiger partial charge in [-0.1, -0.05) is 12.1 Å². The first-order valence-corrected chi connectivity index (χ1v) is 11.4. The lowest BCUT2D eigenvalue weighted by atomic mass is 10.0. The smallest absolute Gasteiger partial charge is 0.378 e. The number of morpholine rings is 1. The van der Waals surface area contributed by atoms with Gasteiger partial charge in [-0.15, -0.1) is 5.10 Å². The van der Waals surface area contributed by atoms with Crippen molar-refractivity contribution in [3.8, 4) is 0 Å². The summed E-state index contributed by atoms with van der Waals surface area (Å²) in [6.07, 6.45) is -2.53. The van der Waals surface area contributed by atoms with Gasteiger partial charge < -0.3 is 15.0 Å². The van der Waals surface area contributed by atoms with Crippen LogP contribution >= 0.6 is 0 Å². The van der Waals surface area contributed by atoms with Crippen molar-refractivity contribution < 1.29 is 17.9 Å². The van der Waals surface area contributed by atoms with Gasteiger partial charge in [0.15, 0.2) is 5.82 Å². The summed E-state index contributed by atoms with van der Waals surface area (Å²) < 4.78 is 45.2. The van der Waals surface area contributed by atoms with E-state index in [2.05, 4.69) is 30.3 Å². The number of halogens is 3. The Morgan fingerprint density at radius 2 is 2.00 bits per heavy atom. The van der Waals surface area contributed by atoms with Gasteiger partial charge in [-0.25, -0.2) is 0 Å². The summed E-state index contributed by atoms with van der Waals surface area (Å²) in [7, 11) is 0. The van der Waals surface area contributed by atoms with E-state index < -0.39 is 17.8 Å². The Bertz CT molecular complexity index is 1190. The van der Waals surface area contributed by atoms with E-state index in [9.17, 15) is 13.2 Å². The number of rotatable bonds is 4. The van der Waals surface area contributed by atoms with Crippen LogP contribution in [0.2, 0.25) is 0 Å². The number of nitrogens with zero attached hydrogens (tertiary/aromatic N) is 5. The zero-order valence-electron chi connectivity index (χ0n) is 19.1. The second-order valence-electron chi connectivity index (χ2n) is 8.92. The van der Waals surface area contributed by atoms with Gasteiger partial charge in [-0.2, -0.15) is 18.3 Å². The first kappa shape index (κ1) is 22.8. The second-order valence-corrected chi connectivity index (χ2v) is 8.92. The maximum atomic E-state index is 13.2. The number of pyridine rings is 1. The summed E-state index contributed by atoms with van der Waals surface area (Å²) >= 11 is 0. The molecule has 180 valence electrons. The minimum atomic E-state index is -4.39. The number of aromatic nitrogens is 3. The highest BCUT2D eigenvalue weighted by Gasteiger charge is 2.31. The number of anilines is 2. The van der Waals surface area contributed by atoms with Gasteiger partial charge in [0, 0.05) is 31.6 Å².